The maximum Gasteiger partial charge on any atom is 0.280 e. The summed E-state index contributed by atoms with van der Waals surface area (Å²) in [6.07, 6.45) is 2.31. The van der Waals surface area contributed by atoms with E-state index in [9.17, 15) is 14.7 Å². The lowest BCUT2D eigenvalue weighted by molar-refractivity contribution is -0.0432. The van der Waals surface area contributed by atoms with E-state index < -0.39 is 24.0 Å². The molecule has 9 N–H and O–H groups in total. The molecule has 4 aromatic heterocycles. The van der Waals surface area contributed by atoms with Crippen LogP contribution in [0.1, 0.15) is 31.7 Å². The number of aliphatic hydroxyl groups excluding tert-OH is 3. The Bertz CT molecular complexity index is 1530. The summed E-state index contributed by atoms with van der Waals surface area (Å²) >= 11 is 0. The number of fused-ring (bicyclic) bond motifs is 2. The van der Waals surface area contributed by atoms with Crippen molar-refractivity contribution >= 4 is 34.2 Å². The van der Waals surface area contributed by atoms with Crippen molar-refractivity contribution in [2.45, 2.75) is 50.0 Å². The van der Waals surface area contributed by atoms with Gasteiger partial charge in [0.15, 0.2) is 22.3 Å². The van der Waals surface area contributed by atoms with E-state index in [1.165, 1.54) is 17.2 Å². The number of H-pyrrole nitrogens is 2. The Morgan fingerprint density at radius 2 is 1.46 bits per heavy atom. The summed E-state index contributed by atoms with van der Waals surface area (Å²) in [7, 11) is 0. The first-order chi connectivity index (χ1) is 17.8. The van der Waals surface area contributed by atoms with Crippen molar-refractivity contribution in [2.75, 3.05) is 24.7 Å². The Hall–Kier alpha value is -3.90. The second kappa shape index (κ2) is 9.87. The van der Waals surface area contributed by atoms with Crippen LogP contribution in [0, 0.1) is 0 Å². The molecule has 4 aromatic rings. The normalized spacial score (nSPS) is 25.5. The van der Waals surface area contributed by atoms with Gasteiger partial charge in [-0.2, -0.15) is 9.97 Å². The van der Waals surface area contributed by atoms with Gasteiger partial charge in [-0.05, 0) is 12.8 Å². The predicted octanol–water partition coefficient (Wildman–Crippen LogP) is -2.29. The predicted molar refractivity (Wildman–Crippen MR) is 127 cm³/mol. The van der Waals surface area contributed by atoms with Crippen LogP contribution in [0.4, 0.5) is 11.9 Å². The van der Waals surface area contributed by atoms with Gasteiger partial charge in [0.2, 0.25) is 11.9 Å². The number of nitrogens with one attached hydrogen (secondary N) is 2. The number of nitrogen functional groups attached to an aromatic ring is 2. The van der Waals surface area contributed by atoms with Crippen LogP contribution in [0.25, 0.3) is 22.3 Å². The van der Waals surface area contributed by atoms with Crippen LogP contribution < -0.4 is 22.6 Å². The highest BCUT2D eigenvalue weighted by atomic mass is 16.5. The summed E-state index contributed by atoms with van der Waals surface area (Å²) in [5.41, 5.74) is 11.3. The van der Waals surface area contributed by atoms with E-state index in [0.717, 1.165) is 12.8 Å². The molecule has 0 radical (unpaired) electrons. The van der Waals surface area contributed by atoms with Gasteiger partial charge >= 0.3 is 0 Å². The summed E-state index contributed by atoms with van der Waals surface area (Å²) in [4.78, 5) is 44.0. The molecule has 17 nitrogen and oxygen atoms in total. The van der Waals surface area contributed by atoms with Crippen LogP contribution in [-0.4, -0.2) is 85.9 Å². The van der Waals surface area contributed by atoms with Crippen LogP contribution in [-0.2, 0) is 9.47 Å². The summed E-state index contributed by atoms with van der Waals surface area (Å²) in [6, 6.07) is 0. The minimum atomic E-state index is -0.771. The first-order valence-corrected chi connectivity index (χ1v) is 11.4. The average Bonchev–Trinajstić information content (AvgIpc) is 3.64. The molecule has 2 aliphatic heterocycles. The molecule has 5 atom stereocenters. The van der Waals surface area contributed by atoms with E-state index in [2.05, 4.69) is 29.9 Å². The number of imidazole rings is 2. The van der Waals surface area contributed by atoms with E-state index in [1.807, 2.05) is 0 Å². The third-order valence-electron chi connectivity index (χ3n) is 6.19. The third-order valence-corrected chi connectivity index (χ3v) is 6.19. The Morgan fingerprint density at radius 1 is 0.892 bits per heavy atom. The molecule has 198 valence electrons. The van der Waals surface area contributed by atoms with Gasteiger partial charge in [-0.15, -0.1) is 0 Å². The quantitative estimate of drug-likeness (QED) is 0.150. The molecule has 0 bridgehead atoms. The van der Waals surface area contributed by atoms with E-state index in [0.29, 0.717) is 5.65 Å². The molecular weight excluding hydrogens is 492 g/mol. The first-order valence-electron chi connectivity index (χ1n) is 11.4. The van der Waals surface area contributed by atoms with Crippen LogP contribution in [0.3, 0.4) is 0 Å². The maximum atomic E-state index is 11.6. The number of hydrogen-bond acceptors (Lipinski definition) is 13. The molecule has 6 heterocycles. The number of hydrogen-bond donors (Lipinski definition) is 7. The van der Waals surface area contributed by atoms with Gasteiger partial charge in [0.25, 0.3) is 11.1 Å². The van der Waals surface area contributed by atoms with Crippen molar-refractivity contribution in [1.82, 2.24) is 39.0 Å². The van der Waals surface area contributed by atoms with E-state index >= 15 is 0 Å². The zero-order valence-electron chi connectivity index (χ0n) is 19.4. The molecule has 2 saturated heterocycles. The highest BCUT2D eigenvalue weighted by Gasteiger charge is 2.35. The number of aromatic amines is 2. The molecule has 0 aliphatic carbocycles. The largest absolute Gasteiger partial charge is 0.394 e. The van der Waals surface area contributed by atoms with E-state index in [4.69, 9.17) is 31.2 Å². The monoisotopic (exact) mass is 518 g/mol. The van der Waals surface area contributed by atoms with E-state index in [-0.39, 0.29) is 66.1 Å². The summed E-state index contributed by atoms with van der Waals surface area (Å²) in [5.74, 6) is 0.0301. The standard InChI is InChI=1S/C10H13N5O4.C10H13N5O3/c11-10-13-8-7(9(18)14-10)12-3-15(8)6-1-4(17)5(2-16)19-6;11-10-13-8-7(9(17)14-10)12-4-15(8)6-2-1-5(3-16)18-6/h3-6,16-17H,1-2H2,(H3,11,13,14,18);4-6,16H,1-3H2,(H3,11,13,14,17)/t4-,5+,6+;5-,6+/m00/s1. The highest BCUT2D eigenvalue weighted by molar-refractivity contribution is 5.71. The second-order valence-corrected chi connectivity index (χ2v) is 8.64. The molecule has 0 amide bonds. The SMILES string of the molecule is Nc1nc2c(ncn2[C@H]2CC[C@@H](CO)O2)c(=O)[nH]1.Nc1nc2c(ncn2[C@H]2C[C@H](O)[C@@H](CO)O2)c(=O)[nH]1. The molecule has 2 aliphatic rings. The minimum Gasteiger partial charge on any atom is -0.394 e. The van der Waals surface area contributed by atoms with Crippen molar-refractivity contribution in [3.05, 3.63) is 33.4 Å². The van der Waals surface area contributed by atoms with Crippen LogP contribution in [0.15, 0.2) is 22.2 Å². The number of nitrogens with zero attached hydrogens (tertiary/aromatic N) is 6. The molecule has 17 heteroatoms. The summed E-state index contributed by atoms with van der Waals surface area (Å²) < 4.78 is 14.3. The molecule has 0 aromatic carbocycles. The Kier molecular flexibility index (Phi) is 6.61. The minimum absolute atomic E-state index is 0.0146. The van der Waals surface area contributed by atoms with Gasteiger partial charge in [-0.25, -0.2) is 9.97 Å². The fourth-order valence-corrected chi connectivity index (χ4v) is 4.38. The van der Waals surface area contributed by atoms with Crippen molar-refractivity contribution in [2.24, 2.45) is 0 Å². The van der Waals surface area contributed by atoms with Crippen molar-refractivity contribution in [1.29, 1.82) is 0 Å². The fraction of sp³-hybridized carbons (Fsp3) is 0.500. The number of nitrogens with two attached hydrogens (primary N) is 2. The summed E-state index contributed by atoms with van der Waals surface area (Å²) in [6.45, 7) is -0.292. The van der Waals surface area contributed by atoms with Gasteiger partial charge in [0.1, 0.15) is 18.6 Å². The second-order valence-electron chi connectivity index (χ2n) is 8.64. The molecular formula is C20H26N10O7. The molecule has 0 spiro atoms. The third kappa shape index (κ3) is 4.65. The number of aromatic nitrogens is 8. The zero-order chi connectivity index (χ0) is 26.3. The molecule has 2 fully saturated rings. The first kappa shape index (κ1) is 24.8. The van der Waals surface area contributed by atoms with Crippen molar-refractivity contribution in [3.63, 3.8) is 0 Å². The van der Waals surface area contributed by atoms with Crippen molar-refractivity contribution in [3.8, 4) is 0 Å². The molecule has 0 unspecified atom stereocenters. The lowest BCUT2D eigenvalue weighted by Gasteiger charge is -2.13. The lowest BCUT2D eigenvalue weighted by Crippen LogP contribution is -2.24. The Labute approximate surface area is 206 Å². The molecule has 37 heavy (non-hydrogen) atoms. The van der Waals surface area contributed by atoms with Crippen molar-refractivity contribution < 1.29 is 24.8 Å². The smallest absolute Gasteiger partial charge is 0.280 e. The topological polar surface area (TPSA) is 258 Å². The van der Waals surface area contributed by atoms with Crippen LogP contribution in [0.5, 0.6) is 0 Å². The number of ether oxygens (including phenoxy) is 2. The molecule has 0 saturated carbocycles. The Morgan fingerprint density at radius 3 is 1.95 bits per heavy atom. The van der Waals surface area contributed by atoms with Gasteiger partial charge in [-0.1, -0.05) is 0 Å². The highest BCUT2D eigenvalue weighted by Crippen LogP contribution is 2.31. The van der Waals surface area contributed by atoms with Gasteiger partial charge in [0, 0.05) is 6.42 Å². The zero-order valence-corrected chi connectivity index (χ0v) is 19.4. The number of rotatable bonds is 4. The lowest BCUT2D eigenvalue weighted by atomic mass is 10.2. The van der Waals surface area contributed by atoms with E-state index in [1.54, 1.807) is 4.57 Å². The number of anilines is 2. The average molecular weight is 518 g/mol. The van der Waals surface area contributed by atoms with Gasteiger partial charge < -0.3 is 36.3 Å². The fourth-order valence-electron chi connectivity index (χ4n) is 4.38. The van der Waals surface area contributed by atoms with Crippen LogP contribution in [0.2, 0.25) is 0 Å². The Balaban J connectivity index is 0.000000152. The van der Waals surface area contributed by atoms with Gasteiger partial charge in [0.05, 0.1) is 38.1 Å². The van der Waals surface area contributed by atoms with Crippen LogP contribution >= 0.6 is 0 Å². The summed E-state index contributed by atoms with van der Waals surface area (Å²) in [5, 5.41) is 27.8. The van der Waals surface area contributed by atoms with Gasteiger partial charge in [-0.3, -0.25) is 28.7 Å². The maximum absolute atomic E-state index is 11.6. The number of aliphatic hydroxyl groups is 3. The molecule has 6 rings (SSSR count).